The maximum absolute atomic E-state index is 12.7. The molecule has 1 heterocycles. The number of para-hydroxylation sites is 1. The molecule has 2 aromatic carbocycles. The van der Waals surface area contributed by atoms with Gasteiger partial charge < -0.3 is 10.2 Å². The average molecular weight is 432 g/mol. The summed E-state index contributed by atoms with van der Waals surface area (Å²) in [4.78, 5) is 26.8. The van der Waals surface area contributed by atoms with E-state index in [0.29, 0.717) is 16.8 Å². The maximum atomic E-state index is 12.7. The Kier molecular flexibility index (Phi) is 6.00. The van der Waals surface area contributed by atoms with Crippen LogP contribution in [0.15, 0.2) is 53.0 Å². The zero-order valence-corrected chi connectivity index (χ0v) is 16.4. The maximum Gasteiger partial charge on any atom is 0.257 e. The van der Waals surface area contributed by atoms with Gasteiger partial charge in [0, 0.05) is 23.1 Å². The number of halogens is 1. The van der Waals surface area contributed by atoms with Crippen LogP contribution in [0.2, 0.25) is 0 Å². The first-order chi connectivity index (χ1) is 12.5. The topological polar surface area (TPSA) is 61.4 Å². The molecule has 0 radical (unpaired) electrons. The van der Waals surface area contributed by atoms with Gasteiger partial charge in [-0.3, -0.25) is 14.9 Å². The van der Waals surface area contributed by atoms with Crippen molar-refractivity contribution in [3.63, 3.8) is 0 Å². The van der Waals surface area contributed by atoms with E-state index in [1.807, 2.05) is 17.0 Å². The molecule has 2 N–H and O–H groups in total. The van der Waals surface area contributed by atoms with Crippen molar-refractivity contribution in [3.8, 4) is 0 Å². The second kappa shape index (κ2) is 8.42. The highest BCUT2D eigenvalue weighted by molar-refractivity contribution is 9.10. The Balaban J connectivity index is 1.68. The van der Waals surface area contributed by atoms with Crippen LogP contribution >= 0.6 is 28.1 Å². The molecular formula is C19H18BrN3O2S. The third-order valence-corrected chi connectivity index (χ3v) is 4.87. The first-order valence-electron chi connectivity index (χ1n) is 8.31. The number of hydrogen-bond donors (Lipinski definition) is 2. The summed E-state index contributed by atoms with van der Waals surface area (Å²) in [5.74, 6) is -0.328. The van der Waals surface area contributed by atoms with Gasteiger partial charge in [0.1, 0.15) is 0 Å². The number of benzene rings is 2. The predicted molar refractivity (Wildman–Crippen MR) is 109 cm³/mol. The number of thiocarbonyl (C=S) groups is 1. The fourth-order valence-electron chi connectivity index (χ4n) is 2.80. The summed E-state index contributed by atoms with van der Waals surface area (Å²) >= 11 is 8.58. The lowest BCUT2D eigenvalue weighted by Crippen LogP contribution is -2.35. The monoisotopic (exact) mass is 431 g/mol. The van der Waals surface area contributed by atoms with Gasteiger partial charge in [0.2, 0.25) is 0 Å². The Labute approximate surface area is 165 Å². The van der Waals surface area contributed by atoms with E-state index in [1.54, 1.807) is 36.4 Å². The van der Waals surface area contributed by atoms with E-state index in [4.69, 9.17) is 12.2 Å². The minimum Gasteiger partial charge on any atom is -0.339 e. The predicted octanol–water partition coefficient (Wildman–Crippen LogP) is 3.81. The Morgan fingerprint density at radius 2 is 1.65 bits per heavy atom. The molecule has 0 aliphatic carbocycles. The Morgan fingerprint density at radius 1 is 1.00 bits per heavy atom. The molecule has 0 unspecified atom stereocenters. The van der Waals surface area contributed by atoms with Crippen LogP contribution in [-0.2, 0) is 0 Å². The van der Waals surface area contributed by atoms with Gasteiger partial charge in [-0.15, -0.1) is 0 Å². The minimum atomic E-state index is -0.307. The van der Waals surface area contributed by atoms with E-state index >= 15 is 0 Å². The van der Waals surface area contributed by atoms with Gasteiger partial charge >= 0.3 is 0 Å². The zero-order chi connectivity index (χ0) is 18.5. The zero-order valence-electron chi connectivity index (χ0n) is 14.0. The van der Waals surface area contributed by atoms with E-state index in [-0.39, 0.29) is 16.9 Å². The van der Waals surface area contributed by atoms with Gasteiger partial charge in [0.25, 0.3) is 11.8 Å². The van der Waals surface area contributed by atoms with Crippen LogP contribution in [0.1, 0.15) is 33.6 Å². The van der Waals surface area contributed by atoms with E-state index in [2.05, 4.69) is 26.6 Å². The number of anilines is 1. The van der Waals surface area contributed by atoms with Crippen molar-refractivity contribution in [1.29, 1.82) is 0 Å². The van der Waals surface area contributed by atoms with Crippen LogP contribution < -0.4 is 10.6 Å². The number of carbonyl (C=O) groups is 2. The summed E-state index contributed by atoms with van der Waals surface area (Å²) < 4.78 is 0.893. The van der Waals surface area contributed by atoms with Crippen molar-refractivity contribution in [2.75, 3.05) is 18.4 Å². The molecule has 0 spiro atoms. The quantitative estimate of drug-likeness (QED) is 0.725. The minimum absolute atomic E-state index is 0.0207. The number of amides is 2. The molecule has 0 atom stereocenters. The van der Waals surface area contributed by atoms with E-state index in [0.717, 1.165) is 30.4 Å². The molecular weight excluding hydrogens is 414 g/mol. The summed E-state index contributed by atoms with van der Waals surface area (Å²) in [7, 11) is 0. The molecule has 5 nitrogen and oxygen atoms in total. The molecule has 1 saturated heterocycles. The molecule has 134 valence electrons. The summed E-state index contributed by atoms with van der Waals surface area (Å²) in [6.45, 7) is 1.55. The molecule has 3 rings (SSSR count). The highest BCUT2D eigenvalue weighted by Crippen LogP contribution is 2.20. The van der Waals surface area contributed by atoms with Gasteiger partial charge in [-0.05, 0) is 61.5 Å². The molecule has 1 aliphatic rings. The smallest absolute Gasteiger partial charge is 0.257 e. The van der Waals surface area contributed by atoms with Gasteiger partial charge in [0.15, 0.2) is 5.11 Å². The number of likely N-dealkylation sites (tertiary alicyclic amines) is 1. The molecule has 0 aromatic heterocycles. The SMILES string of the molecule is O=C(NC(=S)Nc1ccccc1C(=O)N1CCCC1)c1ccc(Br)cc1. The third kappa shape index (κ3) is 4.47. The fourth-order valence-corrected chi connectivity index (χ4v) is 3.27. The fraction of sp³-hybridized carbons (Fsp3) is 0.211. The van der Waals surface area contributed by atoms with Gasteiger partial charge in [-0.1, -0.05) is 28.1 Å². The first kappa shape index (κ1) is 18.5. The van der Waals surface area contributed by atoms with E-state index in [1.165, 1.54) is 0 Å². The average Bonchev–Trinajstić information content (AvgIpc) is 3.16. The third-order valence-electron chi connectivity index (χ3n) is 4.13. The van der Waals surface area contributed by atoms with Crippen molar-refractivity contribution in [2.24, 2.45) is 0 Å². The van der Waals surface area contributed by atoms with Crippen LogP contribution in [-0.4, -0.2) is 34.9 Å². The van der Waals surface area contributed by atoms with Crippen molar-refractivity contribution >= 4 is 50.8 Å². The molecule has 26 heavy (non-hydrogen) atoms. The van der Waals surface area contributed by atoms with Crippen LogP contribution in [0, 0.1) is 0 Å². The molecule has 2 aromatic rings. The highest BCUT2D eigenvalue weighted by Gasteiger charge is 2.22. The van der Waals surface area contributed by atoms with Crippen LogP contribution in [0.5, 0.6) is 0 Å². The Bertz CT molecular complexity index is 833. The lowest BCUT2D eigenvalue weighted by Gasteiger charge is -2.18. The molecule has 7 heteroatoms. The van der Waals surface area contributed by atoms with Crippen LogP contribution in [0.4, 0.5) is 5.69 Å². The lowest BCUT2D eigenvalue weighted by molar-refractivity contribution is 0.0793. The van der Waals surface area contributed by atoms with Gasteiger partial charge in [-0.2, -0.15) is 0 Å². The number of hydrogen-bond acceptors (Lipinski definition) is 3. The van der Waals surface area contributed by atoms with Gasteiger partial charge in [-0.25, -0.2) is 0 Å². The number of nitrogens with zero attached hydrogens (tertiary/aromatic N) is 1. The largest absolute Gasteiger partial charge is 0.339 e. The van der Waals surface area contributed by atoms with E-state index < -0.39 is 0 Å². The molecule has 1 fully saturated rings. The second-order valence-corrected chi connectivity index (χ2v) is 7.28. The van der Waals surface area contributed by atoms with Crippen molar-refractivity contribution in [1.82, 2.24) is 10.2 Å². The van der Waals surface area contributed by atoms with Crippen LogP contribution in [0.3, 0.4) is 0 Å². The van der Waals surface area contributed by atoms with E-state index in [9.17, 15) is 9.59 Å². The van der Waals surface area contributed by atoms with Crippen molar-refractivity contribution in [3.05, 3.63) is 64.1 Å². The highest BCUT2D eigenvalue weighted by atomic mass is 79.9. The molecule has 0 bridgehead atoms. The summed E-state index contributed by atoms with van der Waals surface area (Å²) in [6.07, 6.45) is 2.06. The molecule has 2 amide bonds. The number of nitrogens with one attached hydrogen (secondary N) is 2. The summed E-state index contributed by atoms with van der Waals surface area (Å²) in [5, 5.41) is 5.76. The number of carbonyl (C=O) groups excluding carboxylic acids is 2. The Hall–Kier alpha value is -2.25. The normalized spacial score (nSPS) is 13.3. The van der Waals surface area contributed by atoms with Crippen molar-refractivity contribution in [2.45, 2.75) is 12.8 Å². The first-order valence-corrected chi connectivity index (χ1v) is 9.51. The summed E-state index contributed by atoms with van der Waals surface area (Å²) in [5.41, 5.74) is 1.64. The molecule has 1 aliphatic heterocycles. The van der Waals surface area contributed by atoms with Crippen LogP contribution in [0.25, 0.3) is 0 Å². The lowest BCUT2D eigenvalue weighted by atomic mass is 10.1. The summed E-state index contributed by atoms with van der Waals surface area (Å²) in [6, 6.07) is 14.2. The number of rotatable bonds is 3. The van der Waals surface area contributed by atoms with Gasteiger partial charge in [0.05, 0.1) is 11.3 Å². The standard InChI is InChI=1S/C19H18BrN3O2S/c20-14-9-7-13(8-10-14)17(24)22-19(26)21-16-6-2-1-5-15(16)18(25)23-11-3-4-12-23/h1-2,5-10H,3-4,11-12H2,(H2,21,22,24,26). The second-order valence-electron chi connectivity index (χ2n) is 5.96. The molecule has 0 saturated carbocycles. The Morgan fingerprint density at radius 3 is 2.35 bits per heavy atom. The van der Waals surface area contributed by atoms with Crippen molar-refractivity contribution < 1.29 is 9.59 Å².